The summed E-state index contributed by atoms with van der Waals surface area (Å²) in [5.41, 5.74) is 0.180. The van der Waals surface area contributed by atoms with Crippen molar-refractivity contribution < 1.29 is 14.8 Å². The van der Waals surface area contributed by atoms with Gasteiger partial charge in [0.2, 0.25) is 5.82 Å². The van der Waals surface area contributed by atoms with E-state index in [1.807, 2.05) is 0 Å². The Balaban J connectivity index is 3.23. The first-order chi connectivity index (χ1) is 8.79. The topological polar surface area (TPSA) is 110 Å². The van der Waals surface area contributed by atoms with Crippen LogP contribution in [0.1, 0.15) is 26.5 Å². The van der Waals surface area contributed by atoms with Gasteiger partial charge in [0.25, 0.3) is 0 Å². The van der Waals surface area contributed by atoms with Crippen molar-refractivity contribution in [2.45, 2.75) is 33.2 Å². The summed E-state index contributed by atoms with van der Waals surface area (Å²) in [6, 6.07) is -0.904. The first-order valence-electron chi connectivity index (χ1n) is 5.99. The van der Waals surface area contributed by atoms with E-state index >= 15 is 0 Å². The highest BCUT2D eigenvalue weighted by molar-refractivity contribution is 5.78. The molecule has 0 amide bonds. The summed E-state index contributed by atoms with van der Waals surface area (Å²) < 4.78 is 1.31. The predicted octanol–water partition coefficient (Wildman–Crippen LogP) is 1.41. The fourth-order valence-corrected chi connectivity index (χ4v) is 1.82. The van der Waals surface area contributed by atoms with Crippen molar-refractivity contribution in [3.8, 4) is 0 Å². The second kappa shape index (κ2) is 5.68. The highest BCUT2D eigenvalue weighted by Gasteiger charge is 2.30. The van der Waals surface area contributed by atoms with E-state index in [0.717, 1.165) is 0 Å². The maximum atomic E-state index is 11.2. The number of anilines is 1. The van der Waals surface area contributed by atoms with Crippen LogP contribution in [0.2, 0.25) is 0 Å². The van der Waals surface area contributed by atoms with Gasteiger partial charge in [-0.25, -0.2) is 9.48 Å². The summed E-state index contributed by atoms with van der Waals surface area (Å²) >= 11 is 0. The number of rotatable bonds is 6. The van der Waals surface area contributed by atoms with Gasteiger partial charge in [-0.2, -0.15) is 5.10 Å². The third kappa shape index (κ3) is 3.01. The molecule has 1 heterocycles. The van der Waals surface area contributed by atoms with Crippen molar-refractivity contribution in [1.82, 2.24) is 9.78 Å². The van der Waals surface area contributed by atoms with Crippen LogP contribution < -0.4 is 5.32 Å². The Morgan fingerprint density at radius 2 is 2.16 bits per heavy atom. The molecule has 1 atom stereocenters. The zero-order valence-electron chi connectivity index (χ0n) is 11.4. The molecule has 0 bridgehead atoms. The van der Waals surface area contributed by atoms with E-state index in [9.17, 15) is 14.9 Å². The van der Waals surface area contributed by atoms with Crippen molar-refractivity contribution >= 4 is 17.5 Å². The van der Waals surface area contributed by atoms with E-state index in [1.165, 1.54) is 4.68 Å². The van der Waals surface area contributed by atoms with Crippen LogP contribution in [-0.2, 0) is 18.3 Å². The lowest BCUT2D eigenvalue weighted by Gasteiger charge is -2.18. The summed E-state index contributed by atoms with van der Waals surface area (Å²) in [5, 5.41) is 27.0. The minimum absolute atomic E-state index is 0.128. The monoisotopic (exact) mass is 270 g/mol. The Hall–Kier alpha value is -2.12. The standard InChI is InChI=1S/C11H18N4O4/c1-5-7-9(15(18)19)10(14(4)13-7)12-8(6(2)3)11(16)17/h6,8,12H,5H2,1-4H3,(H,16,17). The van der Waals surface area contributed by atoms with E-state index in [2.05, 4.69) is 10.4 Å². The molecule has 8 nitrogen and oxygen atoms in total. The van der Waals surface area contributed by atoms with Gasteiger partial charge in [-0.15, -0.1) is 0 Å². The lowest BCUT2D eigenvalue weighted by molar-refractivity contribution is -0.384. The number of nitrogens with one attached hydrogen (secondary N) is 1. The van der Waals surface area contributed by atoms with E-state index in [1.54, 1.807) is 27.8 Å². The molecule has 2 N–H and O–H groups in total. The lowest BCUT2D eigenvalue weighted by Crippen LogP contribution is -2.35. The molecular formula is C11H18N4O4. The van der Waals surface area contributed by atoms with E-state index < -0.39 is 16.9 Å². The minimum Gasteiger partial charge on any atom is -0.480 e. The molecule has 0 aromatic carbocycles. The third-order valence-corrected chi connectivity index (χ3v) is 2.83. The fraction of sp³-hybridized carbons (Fsp3) is 0.636. The number of hydrogen-bond acceptors (Lipinski definition) is 5. The van der Waals surface area contributed by atoms with Gasteiger partial charge in [0.15, 0.2) is 0 Å². The molecule has 0 aliphatic rings. The smallest absolute Gasteiger partial charge is 0.334 e. The van der Waals surface area contributed by atoms with E-state index in [4.69, 9.17) is 5.11 Å². The highest BCUT2D eigenvalue weighted by Crippen LogP contribution is 2.29. The van der Waals surface area contributed by atoms with Gasteiger partial charge in [0.05, 0.1) is 4.92 Å². The first-order valence-corrected chi connectivity index (χ1v) is 5.99. The molecule has 1 unspecified atom stereocenters. The average Bonchev–Trinajstić information content (AvgIpc) is 2.61. The van der Waals surface area contributed by atoms with Gasteiger partial charge in [0, 0.05) is 7.05 Å². The molecule has 106 valence electrons. The molecule has 0 radical (unpaired) electrons. The SMILES string of the molecule is CCc1nn(C)c(NC(C(=O)O)C(C)C)c1[N+](=O)[O-]. The number of carboxylic acids is 1. The second-order valence-corrected chi connectivity index (χ2v) is 4.58. The molecule has 1 aromatic heterocycles. The number of nitrogens with zero attached hydrogens (tertiary/aromatic N) is 3. The van der Waals surface area contributed by atoms with Crippen molar-refractivity contribution in [3.05, 3.63) is 15.8 Å². The molecule has 0 aliphatic carbocycles. The normalized spacial score (nSPS) is 12.5. The zero-order chi connectivity index (χ0) is 14.7. The van der Waals surface area contributed by atoms with Gasteiger partial charge in [-0.3, -0.25) is 10.1 Å². The van der Waals surface area contributed by atoms with E-state index in [0.29, 0.717) is 12.1 Å². The second-order valence-electron chi connectivity index (χ2n) is 4.58. The Morgan fingerprint density at radius 3 is 2.53 bits per heavy atom. The van der Waals surface area contributed by atoms with Crippen LogP contribution in [0.15, 0.2) is 0 Å². The van der Waals surface area contributed by atoms with Gasteiger partial charge in [0.1, 0.15) is 11.7 Å². The lowest BCUT2D eigenvalue weighted by atomic mass is 10.0. The molecule has 19 heavy (non-hydrogen) atoms. The third-order valence-electron chi connectivity index (χ3n) is 2.83. The van der Waals surface area contributed by atoms with Crippen molar-refractivity contribution in [3.63, 3.8) is 0 Å². The van der Waals surface area contributed by atoms with Crippen LogP contribution in [0.3, 0.4) is 0 Å². The molecule has 0 aliphatic heterocycles. The highest BCUT2D eigenvalue weighted by atomic mass is 16.6. The van der Waals surface area contributed by atoms with Gasteiger partial charge in [-0.05, 0) is 12.3 Å². The Labute approximate surface area is 110 Å². The van der Waals surface area contributed by atoms with Crippen molar-refractivity contribution in [1.29, 1.82) is 0 Å². The molecule has 8 heteroatoms. The number of aromatic nitrogens is 2. The molecule has 0 spiro atoms. The summed E-state index contributed by atoms with van der Waals surface area (Å²) in [7, 11) is 1.55. The van der Waals surface area contributed by atoms with Crippen LogP contribution in [-0.4, -0.2) is 31.8 Å². The van der Waals surface area contributed by atoms with Crippen LogP contribution in [0.25, 0.3) is 0 Å². The summed E-state index contributed by atoms with van der Waals surface area (Å²) in [5.74, 6) is -1.14. The largest absolute Gasteiger partial charge is 0.480 e. The summed E-state index contributed by atoms with van der Waals surface area (Å²) in [4.78, 5) is 21.7. The minimum atomic E-state index is -1.05. The van der Waals surface area contributed by atoms with Crippen molar-refractivity contribution in [2.24, 2.45) is 13.0 Å². The zero-order valence-corrected chi connectivity index (χ0v) is 11.4. The quantitative estimate of drug-likeness (QED) is 0.597. The molecule has 0 saturated heterocycles. The van der Waals surface area contributed by atoms with Crippen molar-refractivity contribution in [2.75, 3.05) is 5.32 Å². The summed E-state index contributed by atoms with van der Waals surface area (Å²) in [6.45, 7) is 5.22. The first kappa shape index (κ1) is 14.9. The van der Waals surface area contributed by atoms with Gasteiger partial charge < -0.3 is 10.4 Å². The fourth-order valence-electron chi connectivity index (χ4n) is 1.82. The van der Waals surface area contributed by atoms with Crippen LogP contribution >= 0.6 is 0 Å². The molecule has 1 rings (SSSR count). The molecular weight excluding hydrogens is 252 g/mol. The molecule has 0 fully saturated rings. The van der Waals surface area contributed by atoms with Crippen LogP contribution in [0.4, 0.5) is 11.5 Å². The summed E-state index contributed by atoms with van der Waals surface area (Å²) in [6.07, 6.45) is 0.408. The van der Waals surface area contributed by atoms with Gasteiger partial charge >= 0.3 is 11.7 Å². The van der Waals surface area contributed by atoms with Crippen LogP contribution in [0.5, 0.6) is 0 Å². The predicted molar refractivity (Wildman–Crippen MR) is 69.1 cm³/mol. The number of carboxylic acid groups (broad SMARTS) is 1. The van der Waals surface area contributed by atoms with E-state index in [-0.39, 0.29) is 17.4 Å². The number of aryl methyl sites for hydroxylation is 2. The Bertz CT molecular complexity index is 495. The molecule has 0 saturated carbocycles. The number of carbonyl (C=O) groups is 1. The number of hydrogen-bond donors (Lipinski definition) is 2. The number of aliphatic carboxylic acids is 1. The Morgan fingerprint density at radius 1 is 1.58 bits per heavy atom. The maximum absolute atomic E-state index is 11.2. The van der Waals surface area contributed by atoms with Crippen LogP contribution in [0, 0.1) is 16.0 Å². The number of nitro groups is 1. The average molecular weight is 270 g/mol. The Kier molecular flexibility index (Phi) is 4.47. The van der Waals surface area contributed by atoms with Gasteiger partial charge in [-0.1, -0.05) is 20.8 Å². The maximum Gasteiger partial charge on any atom is 0.334 e. The molecule has 1 aromatic rings.